The quantitative estimate of drug-likeness (QED) is 0.200. The van der Waals surface area contributed by atoms with Crippen molar-refractivity contribution in [3.63, 3.8) is 0 Å². The molecule has 0 amide bonds. The molecule has 0 N–H and O–H groups in total. The normalized spacial score (nSPS) is 11.3. The van der Waals surface area contributed by atoms with Crippen LogP contribution in [0.4, 0.5) is 0 Å². The summed E-state index contributed by atoms with van der Waals surface area (Å²) in [5.41, 5.74) is 12.0. The highest BCUT2D eigenvalue weighted by Crippen LogP contribution is 2.45. The van der Waals surface area contributed by atoms with Crippen molar-refractivity contribution in [3.8, 4) is 22.3 Å². The molecule has 39 heavy (non-hydrogen) atoms. The Bertz CT molecular complexity index is 1510. The molecular weight excluding hydrogens is 468 g/mol. The first-order valence-electron chi connectivity index (χ1n) is 13.6. The van der Waals surface area contributed by atoms with E-state index < -0.39 is 5.41 Å². The zero-order valence-corrected chi connectivity index (χ0v) is 22.5. The fourth-order valence-corrected chi connectivity index (χ4v) is 5.69. The molecular formula is C39H32. The summed E-state index contributed by atoms with van der Waals surface area (Å²) < 4.78 is 0. The lowest BCUT2D eigenvalue weighted by molar-refractivity contribution is 0.745. The highest BCUT2D eigenvalue weighted by Gasteiger charge is 2.38. The molecule has 6 aromatic rings. The van der Waals surface area contributed by atoms with E-state index in [0.29, 0.717) is 0 Å². The number of benzene rings is 6. The van der Waals surface area contributed by atoms with Gasteiger partial charge in [-0.2, -0.15) is 0 Å². The second kappa shape index (κ2) is 10.6. The van der Waals surface area contributed by atoms with Gasteiger partial charge in [0.25, 0.3) is 0 Å². The van der Waals surface area contributed by atoms with Crippen LogP contribution >= 0.6 is 0 Å². The maximum Gasteiger partial charge on any atom is 0.0701 e. The molecule has 6 aromatic carbocycles. The summed E-state index contributed by atoms with van der Waals surface area (Å²) in [6, 6.07) is 57.6. The number of rotatable bonds is 6. The molecule has 0 radical (unpaired) electrons. The Morgan fingerprint density at radius 2 is 0.538 bits per heavy atom. The summed E-state index contributed by atoms with van der Waals surface area (Å²) in [5, 5.41) is 0. The Balaban J connectivity index is 1.55. The van der Waals surface area contributed by atoms with Crippen LogP contribution in [0.15, 0.2) is 158 Å². The maximum atomic E-state index is 2.31. The highest BCUT2D eigenvalue weighted by molar-refractivity contribution is 5.69. The van der Waals surface area contributed by atoms with Gasteiger partial charge in [-0.05, 0) is 58.4 Å². The number of hydrogen-bond donors (Lipinski definition) is 0. The van der Waals surface area contributed by atoms with Gasteiger partial charge in [-0.1, -0.05) is 169 Å². The van der Waals surface area contributed by atoms with Crippen molar-refractivity contribution >= 4 is 0 Å². The molecule has 0 fully saturated rings. The van der Waals surface area contributed by atoms with Gasteiger partial charge in [0.05, 0.1) is 5.41 Å². The van der Waals surface area contributed by atoms with Crippen LogP contribution < -0.4 is 0 Å². The van der Waals surface area contributed by atoms with Crippen LogP contribution in [0.5, 0.6) is 0 Å². The van der Waals surface area contributed by atoms with Crippen molar-refractivity contribution in [2.24, 2.45) is 0 Å². The highest BCUT2D eigenvalue weighted by atomic mass is 14.4. The van der Waals surface area contributed by atoms with E-state index in [4.69, 9.17) is 0 Å². The van der Waals surface area contributed by atoms with Crippen LogP contribution in [0.2, 0.25) is 0 Å². The van der Waals surface area contributed by atoms with E-state index >= 15 is 0 Å². The van der Waals surface area contributed by atoms with E-state index in [1.54, 1.807) is 0 Å². The Hall–Kier alpha value is -4.68. The number of hydrogen-bond acceptors (Lipinski definition) is 0. The van der Waals surface area contributed by atoms with E-state index in [-0.39, 0.29) is 0 Å². The Morgan fingerprint density at radius 1 is 0.282 bits per heavy atom. The van der Waals surface area contributed by atoms with Crippen LogP contribution in [-0.2, 0) is 5.41 Å². The van der Waals surface area contributed by atoms with Crippen molar-refractivity contribution in [2.45, 2.75) is 19.3 Å². The second-order valence-corrected chi connectivity index (χ2v) is 10.4. The molecule has 0 saturated heterocycles. The first-order chi connectivity index (χ1) is 19.1. The third kappa shape index (κ3) is 4.71. The van der Waals surface area contributed by atoms with Gasteiger partial charge in [0.15, 0.2) is 0 Å². The molecule has 6 rings (SSSR count). The number of aryl methyl sites for hydroxylation is 2. The molecule has 0 saturated carbocycles. The van der Waals surface area contributed by atoms with Gasteiger partial charge in [0.2, 0.25) is 0 Å². The minimum absolute atomic E-state index is 0.458. The molecule has 0 heteroatoms. The van der Waals surface area contributed by atoms with E-state index in [0.717, 1.165) is 0 Å². The summed E-state index contributed by atoms with van der Waals surface area (Å²) in [6.07, 6.45) is 0. The Kier molecular flexibility index (Phi) is 6.69. The Morgan fingerprint density at radius 3 is 0.846 bits per heavy atom. The van der Waals surface area contributed by atoms with E-state index in [1.165, 1.54) is 55.6 Å². The third-order valence-corrected chi connectivity index (χ3v) is 7.82. The van der Waals surface area contributed by atoms with E-state index in [9.17, 15) is 0 Å². The summed E-state index contributed by atoms with van der Waals surface area (Å²) in [6.45, 7) is 4.26. The van der Waals surface area contributed by atoms with Crippen molar-refractivity contribution in [2.75, 3.05) is 0 Å². The zero-order valence-electron chi connectivity index (χ0n) is 22.5. The molecule has 0 heterocycles. The molecule has 0 aromatic heterocycles. The van der Waals surface area contributed by atoms with Crippen LogP contribution in [-0.4, -0.2) is 0 Å². The topological polar surface area (TPSA) is 0 Å². The van der Waals surface area contributed by atoms with E-state index in [2.05, 4.69) is 172 Å². The lowest BCUT2D eigenvalue weighted by Crippen LogP contribution is -2.31. The zero-order chi connectivity index (χ0) is 26.7. The fraction of sp³-hybridized carbons (Fsp3) is 0.0769. The first kappa shape index (κ1) is 24.6. The lowest BCUT2D eigenvalue weighted by atomic mass is 9.65. The van der Waals surface area contributed by atoms with Gasteiger partial charge < -0.3 is 0 Å². The molecule has 0 aliphatic carbocycles. The SMILES string of the molecule is Cc1ccc(-c2ccc(C(c3ccccc3)(c3ccccc3)c3ccc(-c4ccc(C)cc4)cc3)cc2)cc1. The minimum Gasteiger partial charge on any atom is -0.0622 e. The van der Waals surface area contributed by atoms with E-state index in [1.807, 2.05) is 0 Å². The van der Waals surface area contributed by atoms with Gasteiger partial charge in [-0.15, -0.1) is 0 Å². The van der Waals surface area contributed by atoms with Crippen LogP contribution in [0.1, 0.15) is 33.4 Å². The summed E-state index contributed by atoms with van der Waals surface area (Å²) in [5.74, 6) is 0. The predicted octanol–water partition coefficient (Wildman–Crippen LogP) is 10.0. The average Bonchev–Trinajstić information content (AvgIpc) is 3.00. The van der Waals surface area contributed by atoms with Gasteiger partial charge in [-0.3, -0.25) is 0 Å². The standard InChI is InChI=1S/C39H32/c1-29-13-17-31(18-14-29)33-21-25-37(26-22-33)39(35-9-5-3-6-10-35,36-11-7-4-8-12-36)38-27-23-34(24-28-38)32-19-15-30(2)16-20-32/h3-28H,1-2H3. The summed E-state index contributed by atoms with van der Waals surface area (Å²) >= 11 is 0. The first-order valence-corrected chi connectivity index (χ1v) is 13.6. The molecule has 0 aliphatic heterocycles. The predicted molar refractivity (Wildman–Crippen MR) is 165 cm³/mol. The van der Waals surface area contributed by atoms with Crippen molar-refractivity contribution in [1.82, 2.24) is 0 Å². The van der Waals surface area contributed by atoms with Crippen LogP contribution in [0.3, 0.4) is 0 Å². The molecule has 188 valence electrons. The molecule has 0 atom stereocenters. The monoisotopic (exact) mass is 500 g/mol. The molecule has 0 aliphatic rings. The summed E-state index contributed by atoms with van der Waals surface area (Å²) in [4.78, 5) is 0. The largest absolute Gasteiger partial charge is 0.0701 e. The van der Waals surface area contributed by atoms with Crippen molar-refractivity contribution in [1.29, 1.82) is 0 Å². The van der Waals surface area contributed by atoms with Crippen molar-refractivity contribution in [3.05, 3.63) is 191 Å². The molecule has 0 bridgehead atoms. The second-order valence-electron chi connectivity index (χ2n) is 10.4. The third-order valence-electron chi connectivity index (χ3n) is 7.82. The Labute approximate surface area is 232 Å². The smallest absolute Gasteiger partial charge is 0.0622 e. The van der Waals surface area contributed by atoms with Crippen LogP contribution in [0.25, 0.3) is 22.3 Å². The van der Waals surface area contributed by atoms with Gasteiger partial charge in [0, 0.05) is 0 Å². The van der Waals surface area contributed by atoms with Gasteiger partial charge >= 0.3 is 0 Å². The average molecular weight is 501 g/mol. The molecule has 0 spiro atoms. The summed E-state index contributed by atoms with van der Waals surface area (Å²) in [7, 11) is 0. The minimum atomic E-state index is -0.458. The van der Waals surface area contributed by atoms with Gasteiger partial charge in [0.1, 0.15) is 0 Å². The van der Waals surface area contributed by atoms with Crippen LogP contribution in [0, 0.1) is 13.8 Å². The molecule has 0 unspecified atom stereocenters. The van der Waals surface area contributed by atoms with Gasteiger partial charge in [-0.25, -0.2) is 0 Å². The lowest BCUT2D eigenvalue weighted by Gasteiger charge is -2.37. The van der Waals surface area contributed by atoms with Crippen molar-refractivity contribution < 1.29 is 0 Å². The fourth-order valence-electron chi connectivity index (χ4n) is 5.69. The maximum absolute atomic E-state index is 2.31. The molecule has 0 nitrogen and oxygen atoms in total.